The molecule has 0 amide bonds. The Kier molecular flexibility index (Phi) is 18.7. The van der Waals surface area contributed by atoms with Crippen molar-refractivity contribution in [1.29, 1.82) is 0 Å². The number of aliphatic hydroxyl groups is 17. The summed E-state index contributed by atoms with van der Waals surface area (Å²) < 4.78 is 68.3. The van der Waals surface area contributed by atoms with E-state index in [2.05, 4.69) is 0 Å². The van der Waals surface area contributed by atoms with Gasteiger partial charge < -0.3 is 144 Å². The largest absolute Gasteiger partial charge is 0.394 e. The van der Waals surface area contributed by atoms with E-state index in [1.165, 1.54) is 5.64 Å². The van der Waals surface area contributed by atoms with Crippen molar-refractivity contribution in [3.63, 3.8) is 0 Å². The topological polar surface area (TPSA) is 496 Å². The molecule has 22 saturated heterocycles. The average Bonchev–Trinajstić information content (AvgIpc) is 3.33. The van der Waals surface area contributed by atoms with E-state index in [1.807, 2.05) is 0 Å². The minimum absolute atomic E-state index is 1.01. The molecule has 30 atom stereocenters. The Labute approximate surface area is 383 Å². The first-order chi connectivity index (χ1) is 32.5. The minimum atomic E-state index is -2.18. The third-order valence-corrected chi connectivity index (χ3v) is 12.8. The van der Waals surface area contributed by atoms with Crippen molar-refractivity contribution in [2.45, 2.75) is 184 Å². The van der Waals surface area contributed by atoms with Crippen LogP contribution < -0.4 is 5.64 Å². The van der Waals surface area contributed by atoms with E-state index in [0.29, 0.717) is 0 Å². The van der Waals surface area contributed by atoms with Gasteiger partial charge in [0, 0.05) is 0 Å². The number of nitrogens with one attached hydrogen (secondary N) is 1. The fraction of sp³-hybridized carbons (Fsp3) is 1.00. The van der Waals surface area contributed by atoms with Gasteiger partial charge in [0.05, 0.1) is 39.6 Å². The Bertz CT molecular complexity index is 1550. The molecule has 22 heterocycles. The second-order valence-electron chi connectivity index (χ2n) is 17.0. The highest BCUT2D eigenvalue weighted by Crippen LogP contribution is 2.38. The normalized spacial score (nSPS) is 54.1. The van der Waals surface area contributed by atoms with Crippen LogP contribution in [0.4, 0.5) is 0 Å². The fourth-order valence-corrected chi connectivity index (χ4v) is 9.11. The molecule has 22 fully saturated rings. The van der Waals surface area contributed by atoms with Crippen LogP contribution in [0.2, 0.25) is 0 Å². The summed E-state index contributed by atoms with van der Waals surface area (Å²) in [5.41, 5.74) is 1.33. The van der Waals surface area contributed by atoms with Crippen molar-refractivity contribution in [3.05, 3.63) is 0 Å². The summed E-state index contributed by atoms with van der Waals surface area (Å²) in [6.07, 6.45) is -58.7. The van der Waals surface area contributed by atoms with Gasteiger partial charge in [-0.05, 0) is 0 Å². The molecule has 0 saturated carbocycles. The maximum absolute atomic E-state index is 11.4. The van der Waals surface area contributed by atoms with Gasteiger partial charge in [0.25, 0.3) is 0 Å². The zero-order valence-electron chi connectivity index (χ0n) is 35.4. The van der Waals surface area contributed by atoms with E-state index in [9.17, 15) is 92.0 Å². The molecule has 32 heteroatoms. The monoisotopic (exact) mass is 1000 g/mol. The molecule has 68 heavy (non-hydrogen) atoms. The molecule has 22 aliphatic rings. The Morgan fingerprint density at radius 1 is 0.265 bits per heavy atom. The van der Waals surface area contributed by atoms with Crippen molar-refractivity contribution in [2.24, 2.45) is 0 Å². The fourth-order valence-electron chi connectivity index (χ4n) is 9.11. The molecule has 32 nitrogen and oxygen atoms in total. The van der Waals surface area contributed by atoms with Gasteiger partial charge >= 0.3 is 0 Å². The number of hydrogen-bond acceptors (Lipinski definition) is 32. The number of aliphatic hydroxyl groups excluding tert-OH is 17. The van der Waals surface area contributed by atoms with Gasteiger partial charge in [-0.3, -0.25) is 10.0 Å². The van der Waals surface area contributed by atoms with Crippen molar-refractivity contribution < 1.29 is 154 Å². The second-order valence-corrected chi connectivity index (χ2v) is 17.0. The Morgan fingerprint density at radius 2 is 0.456 bits per heavy atom. The van der Waals surface area contributed by atoms with Gasteiger partial charge in [-0.25, -0.2) is 0 Å². The molecule has 12 bridgehead atoms. The van der Waals surface area contributed by atoms with E-state index in [1.54, 1.807) is 0 Å². The first-order valence-electron chi connectivity index (χ1n) is 21.5. The third kappa shape index (κ3) is 10.6. The van der Waals surface area contributed by atoms with Crippen LogP contribution in [0.1, 0.15) is 0 Å². The average molecular weight is 1000 g/mol. The summed E-state index contributed by atoms with van der Waals surface area (Å²) in [4.78, 5) is 5.06. The Hall–Kier alpha value is -1.28. The first-order valence-corrected chi connectivity index (χ1v) is 21.5. The van der Waals surface area contributed by atoms with Gasteiger partial charge in [-0.1, -0.05) is 5.64 Å². The van der Waals surface area contributed by atoms with E-state index in [0.717, 1.165) is 0 Å². The summed E-state index contributed by atoms with van der Waals surface area (Å²) in [5.74, 6) is 0. The van der Waals surface area contributed by atoms with Gasteiger partial charge in [-0.15, -0.1) is 0 Å². The molecule has 0 aliphatic carbocycles. The number of hydrogen-bond donors (Lipinski definition) is 19. The lowest BCUT2D eigenvalue weighted by molar-refractivity contribution is -0.408. The number of ether oxygens (including phenoxy) is 12. The molecule has 22 aliphatic heterocycles. The molecule has 0 unspecified atom stereocenters. The molecule has 0 radical (unpaired) electrons. The second kappa shape index (κ2) is 23.3. The standard InChI is InChI=1S/C36H61NO31/c38-1-7-24-13(44)18(49)31(56-7)63-25-8(2-39)58-33(20(51)15(25)46)65-27-10(4-41)60-35(22(53)17(27)48)67-29-12(6-43)61-36(23(54)30(29)68-37-55)66-28-11(5-42)59-34(21(52)16(28)47)64-26-9(3-40)57-32(62-24)19(50)14(26)45/h7-55H,1-6H2/t7-,8-,9-,10-,11-,12-,13-,14-,15-,16-,17-,18-,19-,20-,21-,22-,23-,24-,25-,26-,27-,28-,29+,30-,31-,32-,33-,34-,35-,36-/m1/s1. The highest BCUT2D eigenvalue weighted by molar-refractivity contribution is 5.01. The smallest absolute Gasteiger partial charge is 0.187 e. The summed E-state index contributed by atoms with van der Waals surface area (Å²) in [6, 6.07) is 0. The predicted octanol–water partition coefficient (Wildman–Crippen LogP) is -13.1. The van der Waals surface area contributed by atoms with Crippen LogP contribution in [0.5, 0.6) is 0 Å². The van der Waals surface area contributed by atoms with Crippen molar-refractivity contribution in [1.82, 2.24) is 5.64 Å². The summed E-state index contributed by atoms with van der Waals surface area (Å²) in [7, 11) is 0. The van der Waals surface area contributed by atoms with Crippen molar-refractivity contribution in [3.8, 4) is 0 Å². The van der Waals surface area contributed by atoms with E-state index in [-0.39, 0.29) is 0 Å². The van der Waals surface area contributed by atoms with Crippen molar-refractivity contribution in [2.75, 3.05) is 39.6 Å². The summed E-state index contributed by atoms with van der Waals surface area (Å²) >= 11 is 0. The lowest BCUT2D eigenvalue weighted by atomic mass is 9.94. The van der Waals surface area contributed by atoms with Gasteiger partial charge in [0.15, 0.2) is 37.7 Å². The lowest BCUT2D eigenvalue weighted by Crippen LogP contribution is -2.69. The van der Waals surface area contributed by atoms with Gasteiger partial charge in [0.1, 0.15) is 146 Å². The lowest BCUT2D eigenvalue weighted by Gasteiger charge is -2.51. The third-order valence-electron chi connectivity index (χ3n) is 12.8. The Balaban J connectivity index is 1.21. The number of rotatable bonds is 8. The predicted molar refractivity (Wildman–Crippen MR) is 200 cm³/mol. The van der Waals surface area contributed by atoms with E-state index >= 15 is 0 Å². The SMILES string of the molecule is OC[C@H]1O[C@@H]2O[C@H]3[C@H](O)[C@@H](O)[C@@H](O[C@H]4[C@H](O)[C@@H](O)[C@@H](O[C@H]5[C@H](O)[C@@H](O)[C@@H](O[C@H]6[C@H](O)[C@@H](O)[C@@H](O[C@H]7[C@H](O)[C@@H](O)[C@@H](O[C@@H]1[C@H](ONO)[C@H]2O)O[C@@H]7CO)O[C@@H]6CO)O[C@@H]5CO)O[C@@H]4CO)O[C@@H]3CO. The van der Waals surface area contributed by atoms with Gasteiger partial charge in [0.2, 0.25) is 0 Å². The highest BCUT2D eigenvalue weighted by Gasteiger charge is 2.59. The Morgan fingerprint density at radius 3 is 0.662 bits per heavy atom. The van der Waals surface area contributed by atoms with Crippen LogP contribution in [0.25, 0.3) is 0 Å². The quantitative estimate of drug-likeness (QED) is 0.100. The molecule has 19 N–H and O–H groups in total. The molecular weight excluding hydrogens is 942 g/mol. The molecule has 396 valence electrons. The summed E-state index contributed by atoms with van der Waals surface area (Å²) in [5, 5.41) is 195. The van der Waals surface area contributed by atoms with Crippen LogP contribution in [0.15, 0.2) is 0 Å². The highest BCUT2D eigenvalue weighted by atomic mass is 16.9. The molecule has 0 spiro atoms. The molecule has 0 aromatic rings. The maximum Gasteiger partial charge on any atom is 0.187 e. The van der Waals surface area contributed by atoms with Crippen molar-refractivity contribution >= 4 is 0 Å². The van der Waals surface area contributed by atoms with Crippen LogP contribution in [-0.2, 0) is 61.7 Å². The van der Waals surface area contributed by atoms with Gasteiger partial charge in [-0.2, -0.15) is 0 Å². The molecular formula is C36H61NO31. The summed E-state index contributed by atoms with van der Waals surface area (Å²) in [6.45, 7) is -6.08. The van der Waals surface area contributed by atoms with E-state index < -0.39 is 224 Å². The maximum atomic E-state index is 11.4. The minimum Gasteiger partial charge on any atom is -0.394 e. The van der Waals surface area contributed by atoms with Crippen LogP contribution in [-0.4, -0.2) is 316 Å². The van der Waals surface area contributed by atoms with Crippen LogP contribution in [0.3, 0.4) is 0 Å². The first kappa shape index (κ1) is 54.5. The van der Waals surface area contributed by atoms with E-state index in [4.69, 9.17) is 61.7 Å². The van der Waals surface area contributed by atoms with Crippen LogP contribution >= 0.6 is 0 Å². The zero-order chi connectivity index (χ0) is 49.5. The molecule has 0 aromatic carbocycles. The molecule has 22 rings (SSSR count). The zero-order valence-corrected chi connectivity index (χ0v) is 35.4. The molecule has 0 aromatic heterocycles. The van der Waals surface area contributed by atoms with Crippen LogP contribution in [0, 0.1) is 0 Å².